The maximum atomic E-state index is 13.8. The Hall–Kier alpha value is -3.15. The fourth-order valence-corrected chi connectivity index (χ4v) is 7.64. The monoisotopic (exact) mass is 546 g/mol. The molecule has 1 heterocycles. The van der Waals surface area contributed by atoms with Gasteiger partial charge in [0.05, 0.1) is 11.8 Å². The number of carbonyl (C=O) groups excluding carboxylic acids is 3. The highest BCUT2D eigenvalue weighted by molar-refractivity contribution is 6.36. The van der Waals surface area contributed by atoms with Crippen molar-refractivity contribution in [1.82, 2.24) is 4.90 Å². The molecule has 0 saturated carbocycles. The van der Waals surface area contributed by atoms with Crippen molar-refractivity contribution < 1.29 is 14.4 Å². The van der Waals surface area contributed by atoms with Gasteiger partial charge < -0.3 is 5.32 Å². The third-order valence-electron chi connectivity index (χ3n) is 8.30. The normalized spacial score (nSPS) is 26.7. The van der Waals surface area contributed by atoms with Crippen molar-refractivity contribution in [3.05, 3.63) is 101 Å². The zero-order valence-electron chi connectivity index (χ0n) is 21.0. The summed E-state index contributed by atoms with van der Waals surface area (Å²) in [5.74, 6) is -2.10. The number of amides is 3. The molecule has 3 aromatic rings. The van der Waals surface area contributed by atoms with Crippen LogP contribution >= 0.6 is 23.2 Å². The van der Waals surface area contributed by atoms with Crippen LogP contribution in [-0.2, 0) is 24.1 Å². The van der Waals surface area contributed by atoms with E-state index < -0.39 is 21.6 Å². The maximum Gasteiger partial charge on any atom is 0.235 e. The Balaban J connectivity index is 1.16. The number of alkyl halides is 2. The van der Waals surface area contributed by atoms with Crippen LogP contribution in [0, 0.1) is 18.8 Å². The van der Waals surface area contributed by atoms with Gasteiger partial charge in [0.15, 0.2) is 0 Å². The van der Waals surface area contributed by atoms with E-state index in [1.54, 1.807) is 0 Å². The molecule has 3 aromatic carbocycles. The topological polar surface area (TPSA) is 66.5 Å². The van der Waals surface area contributed by atoms with Gasteiger partial charge in [-0.3, -0.25) is 19.3 Å². The molecule has 1 aliphatic heterocycles. The number of nitrogens with one attached hydrogen (secondary N) is 1. The minimum absolute atomic E-state index is 0.0477. The van der Waals surface area contributed by atoms with E-state index in [9.17, 15) is 14.4 Å². The van der Waals surface area contributed by atoms with Gasteiger partial charge in [0.2, 0.25) is 17.7 Å². The lowest BCUT2D eigenvalue weighted by Gasteiger charge is -2.54. The van der Waals surface area contributed by atoms with Gasteiger partial charge in [-0.1, -0.05) is 72.6 Å². The quantitative estimate of drug-likeness (QED) is 0.221. The standard InChI is InChI=1S/C31H28Cl2N2O3/c1-19-14-16-20(17-15-19)34-25(36)13-3-2-8-18-35-28(37)26-27(29(35)38)31(33)22-10-5-4-9-21(22)30(26,32)23-11-6-7-12-24(23)31/h4-7,9-12,14-17,26-27H,2-3,8,13,18H2,1H3,(H,34,36)/t26-,27-,30?,31?/m0/s1. The van der Waals surface area contributed by atoms with E-state index in [0.29, 0.717) is 25.7 Å². The first-order valence-corrected chi connectivity index (χ1v) is 13.8. The minimum Gasteiger partial charge on any atom is -0.326 e. The molecule has 1 saturated heterocycles. The summed E-state index contributed by atoms with van der Waals surface area (Å²) in [7, 11) is 0. The first kappa shape index (κ1) is 25.1. The summed E-state index contributed by atoms with van der Waals surface area (Å²) in [6.07, 6.45) is 2.36. The number of likely N-dealkylation sites (tertiary alicyclic amines) is 1. The molecule has 4 aliphatic rings. The Morgan fingerprint density at radius 3 is 1.71 bits per heavy atom. The summed E-state index contributed by atoms with van der Waals surface area (Å²) in [5, 5.41) is 2.90. The summed E-state index contributed by atoms with van der Waals surface area (Å²) in [5.41, 5.74) is 5.13. The molecule has 38 heavy (non-hydrogen) atoms. The van der Waals surface area contributed by atoms with Crippen LogP contribution in [0.4, 0.5) is 5.69 Å². The molecule has 3 aliphatic carbocycles. The largest absolute Gasteiger partial charge is 0.326 e. The van der Waals surface area contributed by atoms with Crippen molar-refractivity contribution in [2.24, 2.45) is 11.8 Å². The number of benzene rings is 3. The molecule has 194 valence electrons. The molecular formula is C31H28Cl2N2O3. The lowest BCUT2D eigenvalue weighted by Crippen LogP contribution is -2.57. The Bertz CT molecular complexity index is 1330. The van der Waals surface area contributed by atoms with E-state index in [4.69, 9.17) is 23.2 Å². The third-order valence-corrected chi connectivity index (χ3v) is 9.58. The second kappa shape index (κ2) is 9.25. The number of halogens is 2. The van der Waals surface area contributed by atoms with Crippen molar-refractivity contribution in [3.8, 4) is 0 Å². The number of carbonyl (C=O) groups is 3. The van der Waals surface area contributed by atoms with Gasteiger partial charge in [0, 0.05) is 18.7 Å². The molecule has 0 aromatic heterocycles. The predicted molar refractivity (Wildman–Crippen MR) is 148 cm³/mol. The highest BCUT2D eigenvalue weighted by Gasteiger charge is 2.72. The molecule has 0 spiro atoms. The molecule has 2 bridgehead atoms. The minimum atomic E-state index is -1.15. The Morgan fingerprint density at radius 1 is 0.763 bits per heavy atom. The van der Waals surface area contributed by atoms with Crippen LogP contribution in [0.5, 0.6) is 0 Å². The molecule has 0 radical (unpaired) electrons. The van der Waals surface area contributed by atoms with Gasteiger partial charge in [-0.2, -0.15) is 0 Å². The van der Waals surface area contributed by atoms with Crippen LogP contribution in [0.3, 0.4) is 0 Å². The van der Waals surface area contributed by atoms with Crippen LogP contribution in [0.15, 0.2) is 72.8 Å². The number of hydrogen-bond acceptors (Lipinski definition) is 3. The van der Waals surface area contributed by atoms with Crippen molar-refractivity contribution in [2.45, 2.75) is 42.4 Å². The highest BCUT2D eigenvalue weighted by Crippen LogP contribution is 2.69. The maximum absolute atomic E-state index is 13.8. The molecule has 1 fully saturated rings. The van der Waals surface area contributed by atoms with Crippen LogP contribution in [0.1, 0.15) is 53.5 Å². The fraction of sp³-hybridized carbons (Fsp3) is 0.323. The zero-order valence-corrected chi connectivity index (χ0v) is 22.6. The van der Waals surface area contributed by atoms with Gasteiger partial charge in [-0.05, 0) is 54.2 Å². The van der Waals surface area contributed by atoms with Crippen molar-refractivity contribution in [1.29, 1.82) is 0 Å². The molecule has 5 nitrogen and oxygen atoms in total. The second-order valence-electron chi connectivity index (χ2n) is 10.5. The SMILES string of the molecule is Cc1ccc(NC(=O)CCCCCN2C(=O)[C@@H]3[C@@H](C2=O)C2(Cl)c4ccccc4C3(Cl)c3ccccc32)cc1. The van der Waals surface area contributed by atoms with Gasteiger partial charge in [-0.15, -0.1) is 23.2 Å². The second-order valence-corrected chi connectivity index (χ2v) is 11.7. The molecule has 2 atom stereocenters. The number of nitrogens with zero attached hydrogens (tertiary/aromatic N) is 1. The van der Waals surface area contributed by atoms with Crippen LogP contribution in [0.25, 0.3) is 0 Å². The zero-order chi connectivity index (χ0) is 26.7. The van der Waals surface area contributed by atoms with E-state index in [2.05, 4.69) is 5.32 Å². The average molecular weight is 547 g/mol. The van der Waals surface area contributed by atoms with E-state index in [1.807, 2.05) is 79.7 Å². The number of hydrogen-bond donors (Lipinski definition) is 1. The number of aryl methyl sites for hydroxylation is 1. The van der Waals surface area contributed by atoms with Crippen LogP contribution < -0.4 is 5.32 Å². The summed E-state index contributed by atoms with van der Waals surface area (Å²) >= 11 is 14.9. The Labute approximate surface area is 232 Å². The third kappa shape index (κ3) is 3.55. The predicted octanol–water partition coefficient (Wildman–Crippen LogP) is 6.09. The van der Waals surface area contributed by atoms with Gasteiger partial charge in [-0.25, -0.2) is 0 Å². The first-order chi connectivity index (χ1) is 18.3. The number of unbranched alkanes of at least 4 members (excludes halogenated alkanes) is 2. The lowest BCUT2D eigenvalue weighted by molar-refractivity contribution is -0.140. The molecule has 1 N–H and O–H groups in total. The van der Waals surface area contributed by atoms with Gasteiger partial charge >= 0.3 is 0 Å². The number of imide groups is 1. The smallest absolute Gasteiger partial charge is 0.235 e. The van der Waals surface area contributed by atoms with E-state index in [1.165, 1.54) is 4.90 Å². The van der Waals surface area contributed by atoms with E-state index in [-0.39, 0.29) is 24.3 Å². The summed E-state index contributed by atoms with van der Waals surface area (Å²) < 4.78 is 0. The van der Waals surface area contributed by atoms with Crippen LogP contribution in [0.2, 0.25) is 0 Å². The van der Waals surface area contributed by atoms with Crippen molar-refractivity contribution in [3.63, 3.8) is 0 Å². The molecule has 0 unspecified atom stereocenters. The summed E-state index contributed by atoms with van der Waals surface area (Å²) in [4.78, 5) is 39.0. The summed E-state index contributed by atoms with van der Waals surface area (Å²) in [6, 6.07) is 23.0. The molecule has 3 amide bonds. The molecular weight excluding hydrogens is 519 g/mol. The Kier molecular flexibility index (Phi) is 6.12. The number of rotatable bonds is 7. The lowest BCUT2D eigenvalue weighted by atomic mass is 9.54. The van der Waals surface area contributed by atoms with E-state index >= 15 is 0 Å². The molecule has 7 heteroatoms. The van der Waals surface area contributed by atoms with Gasteiger partial charge in [0.25, 0.3) is 0 Å². The van der Waals surface area contributed by atoms with Crippen molar-refractivity contribution in [2.75, 3.05) is 11.9 Å². The Morgan fingerprint density at radius 2 is 1.24 bits per heavy atom. The average Bonchev–Trinajstić information content (AvgIpc) is 3.19. The first-order valence-electron chi connectivity index (χ1n) is 13.1. The fourth-order valence-electron chi connectivity index (χ4n) is 6.54. The van der Waals surface area contributed by atoms with E-state index in [0.717, 1.165) is 33.5 Å². The summed E-state index contributed by atoms with van der Waals surface area (Å²) in [6.45, 7) is 2.29. The highest BCUT2D eigenvalue weighted by atomic mass is 35.5. The van der Waals surface area contributed by atoms with Crippen LogP contribution in [-0.4, -0.2) is 29.2 Å². The number of anilines is 1. The van der Waals surface area contributed by atoms with Crippen molar-refractivity contribution >= 4 is 46.6 Å². The van der Waals surface area contributed by atoms with Gasteiger partial charge in [0.1, 0.15) is 9.75 Å². The molecule has 7 rings (SSSR count).